The monoisotopic (exact) mass is 302 g/mol. The number of rotatable bonds is 7. The van der Waals surface area contributed by atoms with E-state index in [2.05, 4.69) is 11.5 Å². The van der Waals surface area contributed by atoms with Gasteiger partial charge in [-0.2, -0.15) is 0 Å². The maximum absolute atomic E-state index is 12.5. The van der Waals surface area contributed by atoms with Gasteiger partial charge in [-0.15, -0.1) is 6.58 Å². The van der Waals surface area contributed by atoms with Crippen molar-refractivity contribution in [1.82, 2.24) is 9.80 Å². The molecule has 1 aliphatic rings. The van der Waals surface area contributed by atoms with Gasteiger partial charge >= 0.3 is 0 Å². The van der Waals surface area contributed by atoms with Gasteiger partial charge in [0.05, 0.1) is 6.61 Å². The maximum Gasteiger partial charge on any atom is 0.253 e. The van der Waals surface area contributed by atoms with E-state index in [-0.39, 0.29) is 12.5 Å². The summed E-state index contributed by atoms with van der Waals surface area (Å²) < 4.78 is 0. The van der Waals surface area contributed by atoms with Gasteiger partial charge in [0, 0.05) is 38.3 Å². The van der Waals surface area contributed by atoms with Crippen LogP contribution in [0.4, 0.5) is 0 Å². The number of piperidine rings is 1. The standard InChI is InChI=1S/C18H26N2O2/c1-2-9-19(12-13-21)15-16-7-6-8-17(14-16)18(22)20-10-4-3-5-11-20/h2,6-8,14,21H,1,3-5,9-13,15H2. The Balaban J connectivity index is 2.04. The average Bonchev–Trinajstić information content (AvgIpc) is 2.56. The lowest BCUT2D eigenvalue weighted by Crippen LogP contribution is -2.35. The Labute approximate surface area is 133 Å². The molecule has 4 heteroatoms. The van der Waals surface area contributed by atoms with Crippen molar-refractivity contribution in [3.63, 3.8) is 0 Å². The van der Waals surface area contributed by atoms with Crippen LogP contribution >= 0.6 is 0 Å². The molecule has 1 aromatic rings. The Kier molecular flexibility index (Phi) is 6.62. The molecule has 1 aliphatic heterocycles. The zero-order chi connectivity index (χ0) is 15.8. The highest BCUT2D eigenvalue weighted by Gasteiger charge is 2.18. The molecule has 1 heterocycles. The van der Waals surface area contributed by atoms with Gasteiger partial charge in [-0.1, -0.05) is 18.2 Å². The van der Waals surface area contributed by atoms with E-state index in [4.69, 9.17) is 5.11 Å². The largest absolute Gasteiger partial charge is 0.395 e. The van der Waals surface area contributed by atoms with Gasteiger partial charge in [0.15, 0.2) is 0 Å². The molecule has 1 fully saturated rings. The Morgan fingerprint density at radius 1 is 1.32 bits per heavy atom. The molecule has 0 spiro atoms. The number of aliphatic hydroxyl groups excluding tert-OH is 1. The van der Waals surface area contributed by atoms with E-state index in [1.54, 1.807) is 0 Å². The van der Waals surface area contributed by atoms with Crippen molar-refractivity contribution in [3.8, 4) is 0 Å². The number of benzene rings is 1. The van der Waals surface area contributed by atoms with Crippen LogP contribution in [-0.4, -0.2) is 53.6 Å². The Bertz CT molecular complexity index is 496. The maximum atomic E-state index is 12.5. The SMILES string of the molecule is C=CCN(CCO)Cc1cccc(C(=O)N2CCCCC2)c1. The van der Waals surface area contributed by atoms with Gasteiger partial charge in [0.1, 0.15) is 0 Å². The number of amides is 1. The molecule has 0 aromatic heterocycles. The number of carbonyl (C=O) groups is 1. The van der Waals surface area contributed by atoms with Gasteiger partial charge < -0.3 is 10.0 Å². The zero-order valence-corrected chi connectivity index (χ0v) is 13.2. The van der Waals surface area contributed by atoms with Crippen LogP contribution < -0.4 is 0 Å². The second kappa shape index (κ2) is 8.71. The Morgan fingerprint density at radius 3 is 2.77 bits per heavy atom. The molecule has 1 N–H and O–H groups in total. The molecule has 22 heavy (non-hydrogen) atoms. The lowest BCUT2D eigenvalue weighted by atomic mass is 10.1. The molecule has 4 nitrogen and oxygen atoms in total. The van der Waals surface area contributed by atoms with Crippen LogP contribution in [0.25, 0.3) is 0 Å². The van der Waals surface area contributed by atoms with Crippen LogP contribution in [-0.2, 0) is 6.54 Å². The quantitative estimate of drug-likeness (QED) is 0.786. The van der Waals surface area contributed by atoms with Crippen LogP contribution in [0.5, 0.6) is 0 Å². The first-order valence-corrected chi connectivity index (χ1v) is 8.07. The van der Waals surface area contributed by atoms with Crippen molar-refractivity contribution in [2.24, 2.45) is 0 Å². The minimum atomic E-state index is 0.125. The molecule has 1 aromatic carbocycles. The van der Waals surface area contributed by atoms with E-state index < -0.39 is 0 Å². The Hall–Kier alpha value is -1.65. The summed E-state index contributed by atoms with van der Waals surface area (Å²) in [5, 5.41) is 9.12. The highest BCUT2D eigenvalue weighted by molar-refractivity contribution is 5.94. The van der Waals surface area contributed by atoms with Crippen molar-refractivity contribution in [3.05, 3.63) is 48.0 Å². The summed E-state index contributed by atoms with van der Waals surface area (Å²) in [5.74, 6) is 0.138. The fraction of sp³-hybridized carbons (Fsp3) is 0.500. The molecule has 0 saturated carbocycles. The van der Waals surface area contributed by atoms with Crippen molar-refractivity contribution in [2.75, 3.05) is 32.8 Å². The smallest absolute Gasteiger partial charge is 0.253 e. The molecule has 120 valence electrons. The van der Waals surface area contributed by atoms with Crippen LogP contribution in [0, 0.1) is 0 Å². The topological polar surface area (TPSA) is 43.8 Å². The third-order valence-corrected chi connectivity index (χ3v) is 4.03. The lowest BCUT2D eigenvalue weighted by molar-refractivity contribution is 0.0724. The average molecular weight is 302 g/mol. The summed E-state index contributed by atoms with van der Waals surface area (Å²) in [6.07, 6.45) is 5.27. The summed E-state index contributed by atoms with van der Waals surface area (Å²) in [6.45, 7) is 7.67. The molecule has 0 bridgehead atoms. The van der Waals surface area contributed by atoms with Crippen LogP contribution in [0.1, 0.15) is 35.2 Å². The van der Waals surface area contributed by atoms with Crippen LogP contribution in [0.3, 0.4) is 0 Å². The van der Waals surface area contributed by atoms with Crippen molar-refractivity contribution in [1.29, 1.82) is 0 Å². The van der Waals surface area contributed by atoms with E-state index in [9.17, 15) is 4.79 Å². The van der Waals surface area contributed by atoms with Crippen LogP contribution in [0.15, 0.2) is 36.9 Å². The van der Waals surface area contributed by atoms with Gasteiger partial charge in [-0.3, -0.25) is 9.69 Å². The van der Waals surface area contributed by atoms with Crippen LogP contribution in [0.2, 0.25) is 0 Å². The fourth-order valence-corrected chi connectivity index (χ4v) is 2.90. The molecule has 0 radical (unpaired) electrons. The summed E-state index contributed by atoms with van der Waals surface area (Å²) in [6, 6.07) is 7.84. The molecule has 0 unspecified atom stereocenters. The summed E-state index contributed by atoms with van der Waals surface area (Å²) in [7, 11) is 0. The minimum absolute atomic E-state index is 0.125. The predicted octanol–water partition coefficient (Wildman–Crippen LogP) is 2.29. The first kappa shape index (κ1) is 16.7. The molecule has 1 amide bonds. The van der Waals surface area contributed by atoms with Crippen molar-refractivity contribution in [2.45, 2.75) is 25.8 Å². The van der Waals surface area contributed by atoms with E-state index in [0.717, 1.165) is 43.6 Å². The molecular weight excluding hydrogens is 276 g/mol. The number of aliphatic hydroxyl groups is 1. The molecular formula is C18H26N2O2. The van der Waals surface area contributed by atoms with Gasteiger partial charge in [0.25, 0.3) is 5.91 Å². The predicted molar refractivity (Wildman–Crippen MR) is 88.8 cm³/mol. The third-order valence-electron chi connectivity index (χ3n) is 4.03. The second-order valence-corrected chi connectivity index (χ2v) is 5.80. The molecule has 1 saturated heterocycles. The second-order valence-electron chi connectivity index (χ2n) is 5.80. The van der Waals surface area contributed by atoms with E-state index in [0.29, 0.717) is 13.1 Å². The highest BCUT2D eigenvalue weighted by Crippen LogP contribution is 2.15. The summed E-state index contributed by atoms with van der Waals surface area (Å²) in [4.78, 5) is 16.6. The number of carbonyl (C=O) groups excluding carboxylic acids is 1. The minimum Gasteiger partial charge on any atom is -0.395 e. The first-order chi connectivity index (χ1) is 10.7. The lowest BCUT2D eigenvalue weighted by Gasteiger charge is -2.27. The van der Waals surface area contributed by atoms with Gasteiger partial charge in [-0.05, 0) is 37.0 Å². The fourth-order valence-electron chi connectivity index (χ4n) is 2.90. The molecule has 2 rings (SSSR count). The van der Waals surface area contributed by atoms with Crippen molar-refractivity contribution < 1.29 is 9.90 Å². The number of hydrogen-bond donors (Lipinski definition) is 1. The number of nitrogens with zero attached hydrogens (tertiary/aromatic N) is 2. The Morgan fingerprint density at radius 2 is 2.09 bits per heavy atom. The molecule has 0 aliphatic carbocycles. The summed E-state index contributed by atoms with van der Waals surface area (Å²) >= 11 is 0. The van der Waals surface area contributed by atoms with Gasteiger partial charge in [0.2, 0.25) is 0 Å². The number of hydrogen-bond acceptors (Lipinski definition) is 3. The number of likely N-dealkylation sites (tertiary alicyclic amines) is 1. The van der Waals surface area contributed by atoms with E-state index in [1.807, 2.05) is 35.2 Å². The first-order valence-electron chi connectivity index (χ1n) is 8.07. The van der Waals surface area contributed by atoms with Crippen molar-refractivity contribution >= 4 is 5.91 Å². The van der Waals surface area contributed by atoms with E-state index >= 15 is 0 Å². The zero-order valence-electron chi connectivity index (χ0n) is 13.2. The van der Waals surface area contributed by atoms with E-state index in [1.165, 1.54) is 6.42 Å². The van der Waals surface area contributed by atoms with Gasteiger partial charge in [-0.25, -0.2) is 0 Å². The summed E-state index contributed by atoms with van der Waals surface area (Å²) in [5.41, 5.74) is 1.86. The highest BCUT2D eigenvalue weighted by atomic mass is 16.3. The normalized spacial score (nSPS) is 15.1. The molecule has 0 atom stereocenters. The third kappa shape index (κ3) is 4.68.